The molecule has 2 aliphatic heterocycles. The monoisotopic (exact) mass is 452 g/mol. The van der Waals surface area contributed by atoms with E-state index in [-0.39, 0.29) is 18.6 Å². The SMILES string of the molecule is Cc1nnn(-c2ccc(CF)cc2)c1COc1ccc(N2CCN3CCNC(=O)C3C2)nn1. The smallest absolute Gasteiger partial charge is 0.239 e. The van der Waals surface area contributed by atoms with Crippen LogP contribution in [0.4, 0.5) is 10.2 Å². The number of hydrogen-bond acceptors (Lipinski definition) is 8. The summed E-state index contributed by atoms with van der Waals surface area (Å²) in [5.41, 5.74) is 2.89. The van der Waals surface area contributed by atoms with Gasteiger partial charge in [0.25, 0.3) is 0 Å². The molecule has 2 fully saturated rings. The van der Waals surface area contributed by atoms with Crippen LogP contribution in [0.25, 0.3) is 5.69 Å². The van der Waals surface area contributed by atoms with Crippen LogP contribution in [-0.2, 0) is 18.1 Å². The fraction of sp³-hybridized carbons (Fsp3) is 0.409. The van der Waals surface area contributed by atoms with Crippen molar-refractivity contribution in [1.82, 2.24) is 35.4 Å². The van der Waals surface area contributed by atoms with Crippen LogP contribution >= 0.6 is 0 Å². The highest BCUT2D eigenvalue weighted by molar-refractivity contribution is 5.83. The summed E-state index contributed by atoms with van der Waals surface area (Å²) in [7, 11) is 0. The Morgan fingerprint density at radius 2 is 1.94 bits per heavy atom. The number of benzene rings is 1. The summed E-state index contributed by atoms with van der Waals surface area (Å²) in [4.78, 5) is 16.5. The van der Waals surface area contributed by atoms with Crippen LogP contribution in [0.5, 0.6) is 5.88 Å². The van der Waals surface area contributed by atoms with E-state index in [0.29, 0.717) is 24.5 Å². The van der Waals surface area contributed by atoms with Crippen LogP contribution in [0.1, 0.15) is 17.0 Å². The number of piperazine rings is 2. The third-order valence-electron chi connectivity index (χ3n) is 6.09. The first-order valence-corrected chi connectivity index (χ1v) is 10.9. The lowest BCUT2D eigenvalue weighted by atomic mass is 10.1. The number of hydrogen-bond donors (Lipinski definition) is 1. The van der Waals surface area contributed by atoms with Gasteiger partial charge in [-0.25, -0.2) is 9.07 Å². The Bertz CT molecular complexity index is 1120. The van der Waals surface area contributed by atoms with Gasteiger partial charge in [0, 0.05) is 38.8 Å². The van der Waals surface area contributed by atoms with Crippen molar-refractivity contribution in [1.29, 1.82) is 0 Å². The topological polar surface area (TPSA) is 101 Å². The second kappa shape index (κ2) is 9.10. The van der Waals surface area contributed by atoms with Gasteiger partial charge in [0.15, 0.2) is 5.82 Å². The highest BCUT2D eigenvalue weighted by Crippen LogP contribution is 2.21. The van der Waals surface area contributed by atoms with Crippen molar-refractivity contribution in [2.24, 2.45) is 0 Å². The molecule has 0 aliphatic carbocycles. The summed E-state index contributed by atoms with van der Waals surface area (Å²) in [5.74, 6) is 1.17. The molecule has 0 saturated carbocycles. The Labute approximate surface area is 190 Å². The van der Waals surface area contributed by atoms with Crippen LogP contribution in [0.2, 0.25) is 0 Å². The van der Waals surface area contributed by atoms with E-state index in [1.54, 1.807) is 35.0 Å². The summed E-state index contributed by atoms with van der Waals surface area (Å²) < 4.78 is 20.3. The van der Waals surface area contributed by atoms with Gasteiger partial charge in [-0.2, -0.15) is 0 Å². The molecular weight excluding hydrogens is 427 g/mol. The zero-order valence-corrected chi connectivity index (χ0v) is 18.3. The lowest BCUT2D eigenvalue weighted by molar-refractivity contribution is -0.129. The number of carbonyl (C=O) groups excluding carboxylic acids is 1. The van der Waals surface area contributed by atoms with Crippen molar-refractivity contribution in [3.05, 3.63) is 53.3 Å². The molecule has 0 bridgehead atoms. The van der Waals surface area contributed by atoms with E-state index < -0.39 is 6.67 Å². The molecule has 1 N–H and O–H groups in total. The highest BCUT2D eigenvalue weighted by Gasteiger charge is 2.35. The van der Waals surface area contributed by atoms with Crippen LogP contribution in [0, 0.1) is 6.92 Å². The van der Waals surface area contributed by atoms with E-state index in [1.165, 1.54) is 0 Å². The zero-order chi connectivity index (χ0) is 22.8. The number of amides is 1. The fourth-order valence-corrected chi connectivity index (χ4v) is 4.16. The minimum atomic E-state index is -0.509. The van der Waals surface area contributed by atoms with Crippen LogP contribution < -0.4 is 15.0 Å². The lowest BCUT2D eigenvalue weighted by Crippen LogP contribution is -2.64. The van der Waals surface area contributed by atoms with E-state index >= 15 is 0 Å². The summed E-state index contributed by atoms with van der Waals surface area (Å²) in [6.07, 6.45) is 0. The van der Waals surface area contributed by atoms with Gasteiger partial charge in [-0.3, -0.25) is 9.69 Å². The molecule has 33 heavy (non-hydrogen) atoms. The Hall–Kier alpha value is -3.60. The minimum absolute atomic E-state index is 0.0683. The fourth-order valence-electron chi connectivity index (χ4n) is 4.16. The predicted octanol–water partition coefficient (Wildman–Crippen LogP) is 1.03. The first-order valence-electron chi connectivity index (χ1n) is 10.9. The third kappa shape index (κ3) is 4.36. The molecule has 10 nitrogen and oxygen atoms in total. The number of aromatic nitrogens is 5. The molecule has 4 heterocycles. The number of fused-ring (bicyclic) bond motifs is 1. The molecule has 1 atom stereocenters. The molecular formula is C22H25FN8O2. The van der Waals surface area contributed by atoms with Crippen LogP contribution in [0.3, 0.4) is 0 Å². The van der Waals surface area contributed by atoms with Crippen molar-refractivity contribution in [3.8, 4) is 11.6 Å². The minimum Gasteiger partial charge on any atom is -0.470 e. The summed E-state index contributed by atoms with van der Waals surface area (Å²) in [6.45, 7) is 5.35. The molecule has 2 aliphatic rings. The Morgan fingerprint density at radius 3 is 2.70 bits per heavy atom. The molecule has 0 spiro atoms. The third-order valence-corrected chi connectivity index (χ3v) is 6.09. The highest BCUT2D eigenvalue weighted by atomic mass is 19.1. The van der Waals surface area contributed by atoms with E-state index in [0.717, 1.165) is 42.5 Å². The van der Waals surface area contributed by atoms with Gasteiger partial charge >= 0.3 is 0 Å². The maximum absolute atomic E-state index is 12.8. The van der Waals surface area contributed by atoms with E-state index in [2.05, 4.69) is 35.6 Å². The van der Waals surface area contributed by atoms with Gasteiger partial charge in [0.2, 0.25) is 11.8 Å². The number of rotatable bonds is 6. The summed E-state index contributed by atoms with van der Waals surface area (Å²) >= 11 is 0. The molecule has 1 aromatic carbocycles. The Kier molecular flexibility index (Phi) is 5.86. The first-order chi connectivity index (χ1) is 16.1. The zero-order valence-electron chi connectivity index (χ0n) is 18.3. The van der Waals surface area contributed by atoms with E-state index in [9.17, 15) is 9.18 Å². The molecule has 1 amide bonds. The second-order valence-corrected chi connectivity index (χ2v) is 8.14. The number of ether oxygens (including phenoxy) is 1. The average Bonchev–Trinajstić information content (AvgIpc) is 3.23. The van der Waals surface area contributed by atoms with Crippen molar-refractivity contribution < 1.29 is 13.9 Å². The number of nitrogens with one attached hydrogen (secondary N) is 1. The van der Waals surface area contributed by atoms with Crippen molar-refractivity contribution in [2.45, 2.75) is 26.2 Å². The molecule has 1 unspecified atom stereocenters. The van der Waals surface area contributed by atoms with Crippen molar-refractivity contribution in [3.63, 3.8) is 0 Å². The van der Waals surface area contributed by atoms with Crippen molar-refractivity contribution >= 4 is 11.7 Å². The standard InChI is InChI=1S/C22H25FN8O2/c1-15-19(31(28-25-15)17-4-2-16(12-23)3-5-17)14-33-21-7-6-20(26-27-21)30-11-10-29-9-8-24-22(32)18(29)13-30/h2-7,18H,8-14H2,1H3,(H,24,32). The first kappa shape index (κ1) is 21.3. The molecule has 2 aromatic heterocycles. The normalized spacial score (nSPS) is 18.7. The maximum atomic E-state index is 12.8. The summed E-state index contributed by atoms with van der Waals surface area (Å²) in [6, 6.07) is 10.5. The Balaban J connectivity index is 1.24. The number of alkyl halides is 1. The van der Waals surface area contributed by atoms with Gasteiger partial charge in [-0.05, 0) is 30.7 Å². The largest absolute Gasteiger partial charge is 0.470 e. The quantitative estimate of drug-likeness (QED) is 0.592. The molecule has 0 radical (unpaired) electrons. The number of nitrogens with zero attached hydrogens (tertiary/aromatic N) is 7. The maximum Gasteiger partial charge on any atom is 0.239 e. The molecule has 5 rings (SSSR count). The predicted molar refractivity (Wildman–Crippen MR) is 118 cm³/mol. The number of anilines is 1. The van der Waals surface area contributed by atoms with Gasteiger partial charge in [0.05, 0.1) is 11.4 Å². The van der Waals surface area contributed by atoms with Gasteiger partial charge in [-0.1, -0.05) is 17.3 Å². The van der Waals surface area contributed by atoms with Crippen LogP contribution in [-0.4, -0.2) is 74.8 Å². The van der Waals surface area contributed by atoms with Crippen molar-refractivity contribution in [2.75, 3.05) is 37.6 Å². The number of aryl methyl sites for hydroxylation is 1. The van der Waals surface area contributed by atoms with Gasteiger partial charge in [0.1, 0.15) is 25.0 Å². The second-order valence-electron chi connectivity index (χ2n) is 8.14. The van der Waals surface area contributed by atoms with E-state index in [4.69, 9.17) is 4.74 Å². The average molecular weight is 452 g/mol. The molecule has 172 valence electrons. The Morgan fingerprint density at radius 1 is 1.09 bits per heavy atom. The number of halogens is 1. The number of carbonyl (C=O) groups is 1. The molecule has 11 heteroatoms. The van der Waals surface area contributed by atoms with Gasteiger partial charge < -0.3 is 15.0 Å². The van der Waals surface area contributed by atoms with E-state index in [1.807, 2.05) is 13.0 Å². The summed E-state index contributed by atoms with van der Waals surface area (Å²) in [5, 5.41) is 19.8. The van der Waals surface area contributed by atoms with Gasteiger partial charge in [-0.15, -0.1) is 15.3 Å². The van der Waals surface area contributed by atoms with Crippen LogP contribution in [0.15, 0.2) is 36.4 Å². The lowest BCUT2D eigenvalue weighted by Gasteiger charge is -2.43. The molecule has 3 aromatic rings. The molecule has 2 saturated heterocycles.